The first-order valence-electron chi connectivity index (χ1n) is 10.8. The van der Waals surface area contributed by atoms with Gasteiger partial charge in [0.15, 0.2) is 11.6 Å². The first kappa shape index (κ1) is 24.6. The minimum absolute atomic E-state index is 0.0315. The van der Waals surface area contributed by atoms with E-state index in [1.807, 2.05) is 0 Å². The standard InChI is InChI=1S/C25H25F2N3O4S/c1-11-7-13(26)8-12(2)19(11)34-20-17(27)22(25(3,4)33)35-21(20)15-10-30(6)24(32)18-14(15)9-16(29-18)23(31)28-5/h7-10,29,33H,1-6H3,(H,28,31). The van der Waals surface area contributed by atoms with Gasteiger partial charge < -0.3 is 24.7 Å². The summed E-state index contributed by atoms with van der Waals surface area (Å²) in [7, 11) is 3.01. The summed E-state index contributed by atoms with van der Waals surface area (Å²) in [6.45, 7) is 6.22. The minimum atomic E-state index is -1.52. The molecular formula is C25H25F2N3O4S. The number of thiophene rings is 1. The van der Waals surface area contributed by atoms with E-state index < -0.39 is 23.1 Å². The zero-order valence-corrected chi connectivity index (χ0v) is 20.9. The normalized spacial score (nSPS) is 11.8. The number of fused-ring (bicyclic) bond motifs is 1. The molecule has 0 saturated heterocycles. The molecule has 3 heterocycles. The van der Waals surface area contributed by atoms with E-state index in [-0.39, 0.29) is 33.1 Å². The van der Waals surface area contributed by atoms with Gasteiger partial charge in [-0.05, 0) is 57.0 Å². The second kappa shape index (κ2) is 8.62. The van der Waals surface area contributed by atoms with E-state index in [4.69, 9.17) is 4.74 Å². The van der Waals surface area contributed by atoms with Crippen LogP contribution < -0.4 is 15.6 Å². The highest BCUT2D eigenvalue weighted by atomic mass is 32.1. The summed E-state index contributed by atoms with van der Waals surface area (Å²) in [5.74, 6) is -1.49. The Labute approximate surface area is 204 Å². The van der Waals surface area contributed by atoms with E-state index in [0.29, 0.717) is 27.0 Å². The maximum atomic E-state index is 15.8. The number of aromatic amines is 1. The van der Waals surface area contributed by atoms with Gasteiger partial charge >= 0.3 is 0 Å². The predicted octanol–water partition coefficient (Wildman–Crippen LogP) is 4.87. The fourth-order valence-corrected chi connectivity index (χ4v) is 5.12. The van der Waals surface area contributed by atoms with Crippen LogP contribution in [0.3, 0.4) is 0 Å². The topological polar surface area (TPSA) is 96.3 Å². The molecule has 0 aliphatic carbocycles. The summed E-state index contributed by atoms with van der Waals surface area (Å²) in [5.41, 5.74) is -0.187. The van der Waals surface area contributed by atoms with Crippen molar-refractivity contribution in [1.82, 2.24) is 14.9 Å². The van der Waals surface area contributed by atoms with Gasteiger partial charge in [0.2, 0.25) is 0 Å². The van der Waals surface area contributed by atoms with E-state index >= 15 is 4.39 Å². The molecule has 3 N–H and O–H groups in total. The lowest BCUT2D eigenvalue weighted by atomic mass is 10.1. The van der Waals surface area contributed by atoms with Gasteiger partial charge in [0.25, 0.3) is 11.5 Å². The molecule has 4 aromatic rings. The van der Waals surface area contributed by atoms with Gasteiger partial charge in [0.1, 0.15) is 22.8 Å². The zero-order valence-electron chi connectivity index (χ0n) is 20.1. The van der Waals surface area contributed by atoms with Crippen LogP contribution in [0.15, 0.2) is 29.2 Å². The maximum absolute atomic E-state index is 15.8. The van der Waals surface area contributed by atoms with Crippen molar-refractivity contribution in [2.75, 3.05) is 7.05 Å². The van der Waals surface area contributed by atoms with Crippen molar-refractivity contribution < 1.29 is 23.4 Å². The average Bonchev–Trinajstić information content (AvgIpc) is 3.35. The highest BCUT2D eigenvalue weighted by molar-refractivity contribution is 7.16. The van der Waals surface area contributed by atoms with Gasteiger partial charge in [0.05, 0.1) is 15.4 Å². The van der Waals surface area contributed by atoms with E-state index in [1.165, 1.54) is 49.9 Å². The van der Waals surface area contributed by atoms with E-state index in [0.717, 1.165) is 11.3 Å². The van der Waals surface area contributed by atoms with Crippen molar-refractivity contribution >= 4 is 28.1 Å². The van der Waals surface area contributed by atoms with Crippen LogP contribution in [0.25, 0.3) is 21.3 Å². The SMILES string of the molecule is CNC(=O)c1cc2c(-c3sc(C(C)(C)O)c(F)c3Oc3c(C)cc(F)cc3C)cn(C)c(=O)c2[nH]1. The Morgan fingerprint density at radius 1 is 1.17 bits per heavy atom. The van der Waals surface area contributed by atoms with Crippen molar-refractivity contribution in [3.8, 4) is 21.9 Å². The second-order valence-electron chi connectivity index (χ2n) is 8.94. The smallest absolute Gasteiger partial charge is 0.274 e. The summed E-state index contributed by atoms with van der Waals surface area (Å²) >= 11 is 0.979. The number of nitrogens with one attached hydrogen (secondary N) is 2. The molecule has 0 fully saturated rings. The number of carbonyl (C=O) groups excluding carboxylic acids is 1. The van der Waals surface area contributed by atoms with Gasteiger partial charge in [-0.15, -0.1) is 11.3 Å². The largest absolute Gasteiger partial charge is 0.452 e. The lowest BCUT2D eigenvalue weighted by molar-refractivity contribution is 0.0785. The van der Waals surface area contributed by atoms with Crippen molar-refractivity contribution in [3.05, 3.63) is 68.1 Å². The molecular weight excluding hydrogens is 476 g/mol. The summed E-state index contributed by atoms with van der Waals surface area (Å²) in [6, 6.07) is 4.09. The Morgan fingerprint density at radius 3 is 2.37 bits per heavy atom. The molecule has 10 heteroatoms. The number of rotatable bonds is 5. The lowest BCUT2D eigenvalue weighted by Gasteiger charge is -2.15. The molecule has 0 aliphatic heterocycles. The number of carbonyl (C=O) groups is 1. The van der Waals surface area contributed by atoms with Crippen LogP contribution in [0.5, 0.6) is 11.5 Å². The molecule has 0 aliphatic rings. The molecule has 35 heavy (non-hydrogen) atoms. The number of amides is 1. The molecule has 7 nitrogen and oxygen atoms in total. The Balaban J connectivity index is 2.04. The summed E-state index contributed by atoms with van der Waals surface area (Å²) in [4.78, 5) is 28.2. The van der Waals surface area contributed by atoms with Gasteiger partial charge in [-0.3, -0.25) is 9.59 Å². The lowest BCUT2D eigenvalue weighted by Crippen LogP contribution is -2.19. The van der Waals surface area contributed by atoms with Gasteiger partial charge in [-0.1, -0.05) is 0 Å². The summed E-state index contributed by atoms with van der Waals surface area (Å²) in [5, 5.41) is 13.5. The van der Waals surface area contributed by atoms with Crippen LogP contribution in [0, 0.1) is 25.5 Å². The third-order valence-electron chi connectivity index (χ3n) is 5.68. The van der Waals surface area contributed by atoms with E-state index in [2.05, 4.69) is 10.3 Å². The van der Waals surface area contributed by atoms with E-state index in [9.17, 15) is 19.1 Å². The van der Waals surface area contributed by atoms with Crippen LogP contribution in [0.1, 0.15) is 40.3 Å². The number of nitrogens with zero attached hydrogens (tertiary/aromatic N) is 1. The molecule has 4 rings (SSSR count). The molecule has 1 amide bonds. The average molecular weight is 502 g/mol. The number of hydrogen-bond acceptors (Lipinski definition) is 5. The minimum Gasteiger partial charge on any atom is -0.452 e. The second-order valence-corrected chi connectivity index (χ2v) is 9.96. The summed E-state index contributed by atoms with van der Waals surface area (Å²) < 4.78 is 37.0. The van der Waals surface area contributed by atoms with Crippen LogP contribution in [0.4, 0.5) is 8.78 Å². The number of aromatic nitrogens is 2. The monoisotopic (exact) mass is 501 g/mol. The number of halogens is 2. The van der Waals surface area contributed by atoms with Crippen LogP contribution in [0.2, 0.25) is 0 Å². The van der Waals surface area contributed by atoms with Crippen molar-refractivity contribution in [1.29, 1.82) is 0 Å². The van der Waals surface area contributed by atoms with Gasteiger partial charge in [-0.2, -0.15) is 0 Å². The number of aryl methyl sites for hydroxylation is 3. The highest BCUT2D eigenvalue weighted by Gasteiger charge is 2.32. The number of pyridine rings is 1. The van der Waals surface area contributed by atoms with Crippen LogP contribution in [-0.4, -0.2) is 27.6 Å². The van der Waals surface area contributed by atoms with Crippen LogP contribution >= 0.6 is 11.3 Å². The number of aliphatic hydroxyl groups is 1. The molecule has 0 radical (unpaired) electrons. The fraction of sp³-hybridized carbons (Fsp3) is 0.280. The first-order valence-corrected chi connectivity index (χ1v) is 11.6. The molecule has 1 aromatic carbocycles. The van der Waals surface area contributed by atoms with Crippen LogP contribution in [-0.2, 0) is 12.6 Å². The van der Waals surface area contributed by atoms with Crippen molar-refractivity contribution in [2.24, 2.45) is 7.05 Å². The molecule has 0 bridgehead atoms. The number of benzene rings is 1. The highest BCUT2D eigenvalue weighted by Crippen LogP contribution is 2.49. The predicted molar refractivity (Wildman–Crippen MR) is 131 cm³/mol. The first-order chi connectivity index (χ1) is 16.3. The van der Waals surface area contributed by atoms with E-state index in [1.54, 1.807) is 20.9 Å². The maximum Gasteiger partial charge on any atom is 0.274 e. The summed E-state index contributed by atoms with van der Waals surface area (Å²) in [6.07, 6.45) is 1.53. The third kappa shape index (κ3) is 4.23. The third-order valence-corrected chi connectivity index (χ3v) is 7.17. The van der Waals surface area contributed by atoms with Crippen molar-refractivity contribution in [3.63, 3.8) is 0 Å². The number of ether oxygens (including phenoxy) is 1. The molecule has 0 saturated carbocycles. The molecule has 184 valence electrons. The fourth-order valence-electron chi connectivity index (χ4n) is 3.99. The van der Waals surface area contributed by atoms with Crippen molar-refractivity contribution in [2.45, 2.75) is 33.3 Å². The molecule has 0 atom stereocenters. The Kier molecular flexibility index (Phi) is 6.06. The molecule has 0 spiro atoms. The molecule has 0 unspecified atom stereocenters. The quantitative estimate of drug-likeness (QED) is 0.364. The Bertz CT molecular complexity index is 1520. The number of hydrogen-bond donors (Lipinski definition) is 3. The molecule has 3 aromatic heterocycles. The Morgan fingerprint density at radius 2 is 1.80 bits per heavy atom. The zero-order chi connectivity index (χ0) is 25.8. The van der Waals surface area contributed by atoms with Gasteiger partial charge in [0, 0.05) is 31.2 Å². The number of H-pyrrole nitrogens is 1. The Hall–Kier alpha value is -3.50. The van der Waals surface area contributed by atoms with Gasteiger partial charge in [-0.25, -0.2) is 8.78 Å².